The van der Waals surface area contributed by atoms with E-state index in [0.717, 1.165) is 56.7 Å². The van der Waals surface area contributed by atoms with Crippen molar-refractivity contribution in [3.05, 3.63) is 151 Å². The van der Waals surface area contributed by atoms with Gasteiger partial charge in [0, 0.05) is 27.6 Å². The largest absolute Gasteiger partial charge is 0.456 e. The van der Waals surface area contributed by atoms with E-state index >= 15 is 0 Å². The van der Waals surface area contributed by atoms with Crippen molar-refractivity contribution in [1.29, 1.82) is 0 Å². The van der Waals surface area contributed by atoms with Gasteiger partial charge in [0.1, 0.15) is 22.3 Å². The van der Waals surface area contributed by atoms with Crippen LogP contribution in [0.5, 0.6) is 0 Å². The second-order valence-corrected chi connectivity index (χ2v) is 12.3. The van der Waals surface area contributed by atoms with Gasteiger partial charge in [-0.25, -0.2) is 0 Å². The molecular formula is C44H28O2. The molecule has 0 radical (unpaired) electrons. The number of rotatable bonds is 3. The van der Waals surface area contributed by atoms with E-state index in [1.54, 1.807) is 0 Å². The first-order valence-electron chi connectivity index (χ1n) is 16.0. The molecule has 2 nitrogen and oxygen atoms in total. The van der Waals surface area contributed by atoms with Crippen molar-refractivity contribution in [1.82, 2.24) is 0 Å². The van der Waals surface area contributed by atoms with Crippen LogP contribution in [0.2, 0.25) is 0 Å². The summed E-state index contributed by atoms with van der Waals surface area (Å²) >= 11 is 0. The first-order valence-corrected chi connectivity index (χ1v) is 16.0. The van der Waals surface area contributed by atoms with E-state index in [1.807, 2.05) is 18.2 Å². The van der Waals surface area contributed by atoms with Crippen LogP contribution in [0.4, 0.5) is 0 Å². The van der Waals surface area contributed by atoms with Crippen LogP contribution in [0.3, 0.4) is 0 Å². The molecule has 0 spiro atoms. The zero-order valence-corrected chi connectivity index (χ0v) is 25.1. The van der Waals surface area contributed by atoms with Crippen molar-refractivity contribution in [2.75, 3.05) is 0 Å². The van der Waals surface area contributed by atoms with Gasteiger partial charge in [-0.1, -0.05) is 115 Å². The average Bonchev–Trinajstić information content (AvgIpc) is 3.66. The molecule has 0 fully saturated rings. The van der Waals surface area contributed by atoms with E-state index in [0.29, 0.717) is 0 Å². The predicted molar refractivity (Wildman–Crippen MR) is 193 cm³/mol. The molecule has 46 heavy (non-hydrogen) atoms. The third-order valence-corrected chi connectivity index (χ3v) is 9.74. The minimum atomic E-state index is 0.844. The van der Waals surface area contributed by atoms with Crippen LogP contribution in [0.15, 0.2) is 154 Å². The molecule has 0 bridgehead atoms. The Kier molecular flexibility index (Phi) is 5.44. The molecule has 0 amide bonds. The number of fused-ring (bicyclic) bond motifs is 8. The second kappa shape index (κ2) is 9.82. The zero-order valence-electron chi connectivity index (χ0n) is 25.1. The van der Waals surface area contributed by atoms with E-state index in [2.05, 4.69) is 127 Å². The molecular weight excluding hydrogens is 560 g/mol. The fourth-order valence-corrected chi connectivity index (χ4v) is 7.60. The van der Waals surface area contributed by atoms with Crippen LogP contribution in [0, 0.1) is 0 Å². The summed E-state index contributed by atoms with van der Waals surface area (Å²) in [5.41, 5.74) is 11.1. The predicted octanol–water partition coefficient (Wildman–Crippen LogP) is 12.9. The van der Waals surface area contributed by atoms with Gasteiger partial charge in [0.15, 0.2) is 0 Å². The normalized spacial score (nSPS) is 13.5. The minimum absolute atomic E-state index is 0.844. The average molecular weight is 589 g/mol. The molecule has 7 aromatic carbocycles. The van der Waals surface area contributed by atoms with Gasteiger partial charge in [-0.2, -0.15) is 0 Å². The smallest absolute Gasteiger partial charge is 0.139 e. The number of allylic oxidation sites excluding steroid dienone is 4. The lowest BCUT2D eigenvalue weighted by Gasteiger charge is -2.20. The Balaban J connectivity index is 1.12. The Labute approximate surface area is 265 Å². The van der Waals surface area contributed by atoms with Gasteiger partial charge < -0.3 is 8.83 Å². The van der Waals surface area contributed by atoms with Gasteiger partial charge in [0.05, 0.1) is 0 Å². The molecule has 0 aliphatic heterocycles. The van der Waals surface area contributed by atoms with Crippen LogP contribution in [-0.4, -0.2) is 0 Å². The zero-order chi connectivity index (χ0) is 30.2. The molecule has 216 valence electrons. The standard InChI is InChI=1S/C44H28O2/c1-2-10-28(11-3-1)43-32-13-4-6-15-34(32)44(35-16-7-5-14-33(35)43)29-20-18-27(19-21-29)30-22-23-40-36(24-30)38-25-37-31-12-8-9-17-39(31)45-41(37)26-42(38)46-40/h1-2,4-10,12-26H,3,11H2. The third-order valence-electron chi connectivity index (χ3n) is 9.74. The summed E-state index contributed by atoms with van der Waals surface area (Å²) < 4.78 is 12.4. The van der Waals surface area contributed by atoms with Gasteiger partial charge in [0.25, 0.3) is 0 Å². The molecule has 2 aromatic heterocycles. The topological polar surface area (TPSA) is 26.3 Å². The highest BCUT2D eigenvalue weighted by molar-refractivity contribution is 6.19. The molecule has 2 heteroatoms. The minimum Gasteiger partial charge on any atom is -0.456 e. The molecule has 10 rings (SSSR count). The molecule has 0 saturated carbocycles. The number of hydrogen-bond acceptors (Lipinski definition) is 2. The molecule has 0 saturated heterocycles. The summed E-state index contributed by atoms with van der Waals surface area (Å²) in [5, 5.41) is 9.69. The van der Waals surface area contributed by atoms with Gasteiger partial charge >= 0.3 is 0 Å². The summed E-state index contributed by atoms with van der Waals surface area (Å²) in [7, 11) is 0. The van der Waals surface area contributed by atoms with Gasteiger partial charge in [-0.15, -0.1) is 0 Å². The highest BCUT2D eigenvalue weighted by Crippen LogP contribution is 2.44. The number of furan rings is 2. The highest BCUT2D eigenvalue weighted by atomic mass is 16.3. The van der Waals surface area contributed by atoms with Crippen molar-refractivity contribution in [2.24, 2.45) is 0 Å². The fraction of sp³-hybridized carbons (Fsp3) is 0.0455. The maximum Gasteiger partial charge on any atom is 0.139 e. The maximum atomic E-state index is 6.29. The van der Waals surface area contributed by atoms with Gasteiger partial charge in [-0.3, -0.25) is 0 Å². The van der Waals surface area contributed by atoms with E-state index < -0.39 is 0 Å². The Morgan fingerprint density at radius 3 is 1.61 bits per heavy atom. The molecule has 1 aliphatic carbocycles. The number of hydrogen-bond donors (Lipinski definition) is 0. The van der Waals surface area contributed by atoms with E-state index in [-0.39, 0.29) is 0 Å². The van der Waals surface area contributed by atoms with Crippen LogP contribution in [-0.2, 0) is 0 Å². The molecule has 9 aromatic rings. The summed E-state index contributed by atoms with van der Waals surface area (Å²) in [6.07, 6.45) is 8.92. The number of benzene rings is 7. The number of para-hydroxylation sites is 1. The van der Waals surface area contributed by atoms with Crippen LogP contribution >= 0.6 is 0 Å². The third kappa shape index (κ3) is 3.77. The van der Waals surface area contributed by atoms with Crippen LogP contribution in [0.1, 0.15) is 18.4 Å². The lowest BCUT2D eigenvalue weighted by molar-refractivity contribution is 0.656. The van der Waals surface area contributed by atoms with E-state index in [9.17, 15) is 0 Å². The van der Waals surface area contributed by atoms with Crippen LogP contribution < -0.4 is 0 Å². The molecule has 1 aliphatic rings. The lowest BCUT2D eigenvalue weighted by atomic mass is 9.84. The fourth-order valence-electron chi connectivity index (χ4n) is 7.60. The molecule has 0 atom stereocenters. The Bertz CT molecular complexity index is 2670. The quantitative estimate of drug-likeness (QED) is 0.192. The first-order chi connectivity index (χ1) is 22.8. The highest BCUT2D eigenvalue weighted by Gasteiger charge is 2.18. The molecule has 0 unspecified atom stereocenters. The molecule has 2 heterocycles. The van der Waals surface area contributed by atoms with E-state index in [1.165, 1.54) is 54.9 Å². The summed E-state index contributed by atoms with van der Waals surface area (Å²) in [6.45, 7) is 0. The Hall–Kier alpha value is -5.86. The van der Waals surface area contributed by atoms with Crippen molar-refractivity contribution in [3.8, 4) is 22.3 Å². The van der Waals surface area contributed by atoms with Crippen molar-refractivity contribution in [2.45, 2.75) is 12.8 Å². The van der Waals surface area contributed by atoms with Crippen molar-refractivity contribution >= 4 is 71.0 Å². The summed E-state index contributed by atoms with van der Waals surface area (Å²) in [4.78, 5) is 0. The Morgan fingerprint density at radius 2 is 0.935 bits per heavy atom. The SMILES string of the molecule is C1=CCCC(c2c3ccccc3c(-c3ccc(-c4ccc5oc6cc7oc8ccccc8c7cc6c5c4)cc3)c3ccccc23)=C1. The summed E-state index contributed by atoms with van der Waals surface area (Å²) in [5.74, 6) is 0. The lowest BCUT2D eigenvalue weighted by Crippen LogP contribution is -1.95. The van der Waals surface area contributed by atoms with Gasteiger partial charge in [0.2, 0.25) is 0 Å². The van der Waals surface area contributed by atoms with Gasteiger partial charge in [-0.05, 0) is 92.0 Å². The maximum absolute atomic E-state index is 6.29. The van der Waals surface area contributed by atoms with Crippen molar-refractivity contribution < 1.29 is 8.83 Å². The van der Waals surface area contributed by atoms with Crippen molar-refractivity contribution in [3.63, 3.8) is 0 Å². The summed E-state index contributed by atoms with van der Waals surface area (Å²) in [6, 6.07) is 45.8. The second-order valence-electron chi connectivity index (χ2n) is 12.3. The van der Waals surface area contributed by atoms with E-state index in [4.69, 9.17) is 8.83 Å². The molecule has 0 N–H and O–H groups in total. The Morgan fingerprint density at radius 1 is 0.391 bits per heavy atom. The first kappa shape index (κ1) is 25.5. The monoisotopic (exact) mass is 588 g/mol. The van der Waals surface area contributed by atoms with Crippen LogP contribution in [0.25, 0.3) is 93.2 Å².